The van der Waals surface area contributed by atoms with Gasteiger partial charge in [0.1, 0.15) is 0 Å². The van der Waals surface area contributed by atoms with Crippen LogP contribution in [0.3, 0.4) is 0 Å². The summed E-state index contributed by atoms with van der Waals surface area (Å²) in [6.07, 6.45) is 0.244. The van der Waals surface area contributed by atoms with E-state index < -0.39 is 6.10 Å². The molecule has 0 aliphatic heterocycles. The summed E-state index contributed by atoms with van der Waals surface area (Å²) in [6.45, 7) is 4.25. The molecule has 2 aromatic heterocycles. The summed E-state index contributed by atoms with van der Waals surface area (Å²) in [5.41, 5.74) is 0. The Balaban J connectivity index is 0.000000437. The van der Waals surface area contributed by atoms with Gasteiger partial charge in [0.05, 0.1) is 4.88 Å². The van der Waals surface area contributed by atoms with Gasteiger partial charge in [0.2, 0.25) is 5.78 Å². The summed E-state index contributed by atoms with van der Waals surface area (Å²) < 4.78 is 0. The van der Waals surface area contributed by atoms with Crippen LogP contribution in [0, 0.1) is 0 Å². The van der Waals surface area contributed by atoms with Crippen molar-refractivity contribution in [3.8, 4) is 0 Å². The SMILES string of the molecule is CCC.O=C(c1cccs1)C(O)c1cccs1. The Bertz CT molecular complexity index is 418. The van der Waals surface area contributed by atoms with E-state index in [1.165, 1.54) is 29.1 Å². The zero-order valence-electron chi connectivity index (χ0n) is 9.92. The molecule has 0 saturated heterocycles. The van der Waals surface area contributed by atoms with Crippen molar-refractivity contribution in [2.24, 2.45) is 0 Å². The Morgan fingerprint density at radius 1 is 1.24 bits per heavy atom. The van der Waals surface area contributed by atoms with Crippen molar-refractivity contribution in [1.82, 2.24) is 0 Å². The van der Waals surface area contributed by atoms with Gasteiger partial charge in [-0.25, -0.2) is 0 Å². The van der Waals surface area contributed by atoms with Crippen molar-refractivity contribution in [1.29, 1.82) is 0 Å². The second-order valence-electron chi connectivity index (χ2n) is 3.47. The number of aliphatic hydroxyl groups is 1. The largest absolute Gasteiger partial charge is 0.379 e. The van der Waals surface area contributed by atoms with Crippen LogP contribution in [-0.2, 0) is 0 Å². The van der Waals surface area contributed by atoms with Crippen LogP contribution >= 0.6 is 22.7 Å². The lowest BCUT2D eigenvalue weighted by Crippen LogP contribution is -2.09. The maximum atomic E-state index is 11.7. The molecule has 17 heavy (non-hydrogen) atoms. The van der Waals surface area contributed by atoms with E-state index >= 15 is 0 Å². The molecule has 0 bridgehead atoms. The van der Waals surface area contributed by atoms with Gasteiger partial charge in [-0.15, -0.1) is 22.7 Å². The summed E-state index contributed by atoms with van der Waals surface area (Å²) in [7, 11) is 0. The number of carbonyl (C=O) groups excluding carboxylic acids is 1. The van der Waals surface area contributed by atoms with Crippen LogP contribution in [0.2, 0.25) is 0 Å². The van der Waals surface area contributed by atoms with E-state index in [-0.39, 0.29) is 5.78 Å². The monoisotopic (exact) mass is 268 g/mol. The van der Waals surface area contributed by atoms with Gasteiger partial charge < -0.3 is 5.11 Å². The first-order valence-electron chi connectivity index (χ1n) is 5.49. The zero-order valence-corrected chi connectivity index (χ0v) is 11.6. The van der Waals surface area contributed by atoms with Crippen LogP contribution in [0.15, 0.2) is 35.0 Å². The third-order valence-corrected chi connectivity index (χ3v) is 3.63. The third-order valence-electron chi connectivity index (χ3n) is 1.83. The minimum atomic E-state index is -1.01. The van der Waals surface area contributed by atoms with Crippen molar-refractivity contribution in [3.05, 3.63) is 44.8 Å². The molecule has 0 radical (unpaired) electrons. The molecule has 2 aromatic rings. The highest BCUT2D eigenvalue weighted by atomic mass is 32.1. The van der Waals surface area contributed by atoms with Crippen LogP contribution in [-0.4, -0.2) is 10.9 Å². The Hall–Kier alpha value is -0.970. The zero-order chi connectivity index (χ0) is 12.7. The van der Waals surface area contributed by atoms with E-state index in [4.69, 9.17) is 0 Å². The van der Waals surface area contributed by atoms with Crippen molar-refractivity contribution in [3.63, 3.8) is 0 Å². The van der Waals surface area contributed by atoms with Crippen LogP contribution in [0.5, 0.6) is 0 Å². The van der Waals surface area contributed by atoms with E-state index in [1.54, 1.807) is 18.2 Å². The first kappa shape index (κ1) is 14.1. The van der Waals surface area contributed by atoms with Crippen LogP contribution in [0.4, 0.5) is 0 Å². The standard InChI is InChI=1S/C10H8O2S2.C3H8/c11-9(7-3-1-5-13-7)10(12)8-4-2-6-14-8;1-3-2/h1-6,9,11H;3H2,1-2H3. The van der Waals surface area contributed by atoms with Gasteiger partial charge in [-0.1, -0.05) is 32.4 Å². The molecule has 4 heteroatoms. The summed E-state index contributed by atoms with van der Waals surface area (Å²) in [4.78, 5) is 13.0. The Morgan fingerprint density at radius 2 is 1.82 bits per heavy atom. The molecule has 92 valence electrons. The minimum absolute atomic E-state index is 0.220. The fourth-order valence-corrected chi connectivity index (χ4v) is 2.53. The highest BCUT2D eigenvalue weighted by molar-refractivity contribution is 7.12. The maximum absolute atomic E-state index is 11.7. The number of aliphatic hydroxyl groups excluding tert-OH is 1. The summed E-state index contributed by atoms with van der Waals surface area (Å²) in [5.74, 6) is -0.220. The predicted molar refractivity (Wildman–Crippen MR) is 73.9 cm³/mol. The second kappa shape index (κ2) is 7.37. The highest BCUT2D eigenvalue weighted by Gasteiger charge is 2.20. The molecule has 0 aliphatic carbocycles. The Morgan fingerprint density at radius 3 is 2.29 bits per heavy atom. The normalized spacial score (nSPS) is 11.5. The molecule has 0 fully saturated rings. The van der Waals surface area contributed by atoms with Gasteiger partial charge in [-0.05, 0) is 22.9 Å². The Labute approximate surface area is 110 Å². The molecule has 0 amide bonds. The molecule has 2 rings (SSSR count). The van der Waals surface area contributed by atoms with Gasteiger partial charge in [0, 0.05) is 4.88 Å². The lowest BCUT2D eigenvalue weighted by Gasteiger charge is -2.04. The van der Waals surface area contributed by atoms with Crippen molar-refractivity contribution < 1.29 is 9.90 Å². The van der Waals surface area contributed by atoms with Crippen LogP contribution in [0.1, 0.15) is 40.9 Å². The number of hydrogen-bond acceptors (Lipinski definition) is 4. The van der Waals surface area contributed by atoms with E-state index in [1.807, 2.05) is 16.8 Å². The summed E-state index contributed by atoms with van der Waals surface area (Å²) in [5, 5.41) is 13.4. The smallest absolute Gasteiger partial charge is 0.206 e. The molecule has 1 atom stereocenters. The first-order valence-corrected chi connectivity index (χ1v) is 7.25. The van der Waals surface area contributed by atoms with Gasteiger partial charge in [-0.2, -0.15) is 0 Å². The van der Waals surface area contributed by atoms with Gasteiger partial charge in [-0.3, -0.25) is 4.79 Å². The third kappa shape index (κ3) is 4.07. The van der Waals surface area contributed by atoms with E-state index in [0.29, 0.717) is 9.75 Å². The van der Waals surface area contributed by atoms with Gasteiger partial charge in [0.15, 0.2) is 6.10 Å². The van der Waals surface area contributed by atoms with E-state index in [2.05, 4.69) is 13.8 Å². The molecular formula is C13H16O2S2. The number of Topliss-reactive ketones (excluding diaryl/α,β-unsaturated/α-hetero) is 1. The maximum Gasteiger partial charge on any atom is 0.206 e. The molecule has 0 spiro atoms. The summed E-state index contributed by atoms with van der Waals surface area (Å²) >= 11 is 2.74. The van der Waals surface area contributed by atoms with Crippen molar-refractivity contribution >= 4 is 28.5 Å². The first-order chi connectivity index (χ1) is 8.20. The van der Waals surface area contributed by atoms with Gasteiger partial charge >= 0.3 is 0 Å². The minimum Gasteiger partial charge on any atom is -0.379 e. The molecular weight excluding hydrogens is 252 g/mol. The fourth-order valence-electron chi connectivity index (χ4n) is 1.13. The lowest BCUT2D eigenvalue weighted by atomic mass is 10.2. The second-order valence-corrected chi connectivity index (χ2v) is 5.39. The lowest BCUT2D eigenvalue weighted by molar-refractivity contribution is 0.0758. The number of ketones is 1. The summed E-state index contributed by atoms with van der Waals surface area (Å²) in [6, 6.07) is 7.12. The number of rotatable bonds is 3. The molecule has 0 aliphatic rings. The van der Waals surface area contributed by atoms with Crippen molar-refractivity contribution in [2.75, 3.05) is 0 Å². The molecule has 0 aromatic carbocycles. The average molecular weight is 268 g/mol. The number of thiophene rings is 2. The predicted octanol–water partition coefficient (Wildman–Crippen LogP) is 4.14. The Kier molecular flexibility index (Phi) is 6.11. The number of hydrogen-bond donors (Lipinski definition) is 1. The van der Waals surface area contributed by atoms with Gasteiger partial charge in [0.25, 0.3) is 0 Å². The fraction of sp³-hybridized carbons (Fsp3) is 0.308. The average Bonchev–Trinajstić information content (AvgIpc) is 3.00. The highest BCUT2D eigenvalue weighted by Crippen LogP contribution is 2.24. The molecule has 0 saturated carbocycles. The van der Waals surface area contributed by atoms with Crippen LogP contribution in [0.25, 0.3) is 0 Å². The van der Waals surface area contributed by atoms with E-state index in [9.17, 15) is 9.90 Å². The van der Waals surface area contributed by atoms with Crippen molar-refractivity contribution in [2.45, 2.75) is 26.4 Å². The molecule has 1 unspecified atom stereocenters. The number of carbonyl (C=O) groups is 1. The molecule has 2 nitrogen and oxygen atoms in total. The topological polar surface area (TPSA) is 37.3 Å². The van der Waals surface area contributed by atoms with Crippen LogP contribution < -0.4 is 0 Å². The quantitative estimate of drug-likeness (QED) is 0.849. The molecule has 1 N–H and O–H groups in total. The molecule has 2 heterocycles. The van der Waals surface area contributed by atoms with E-state index in [0.717, 1.165) is 0 Å².